The van der Waals surface area contributed by atoms with Crippen molar-refractivity contribution < 1.29 is 5.11 Å². The van der Waals surface area contributed by atoms with Gasteiger partial charge in [-0.1, -0.05) is 37.9 Å². The van der Waals surface area contributed by atoms with Gasteiger partial charge in [0.15, 0.2) is 0 Å². The molecule has 1 N–H and O–H groups in total. The molecular weight excluding hydrogens is 296 g/mol. The lowest BCUT2D eigenvalue weighted by Gasteiger charge is -2.09. The molecule has 70 valence electrons. The molecule has 1 aromatic rings. The Labute approximate surface area is 94.7 Å². The second-order valence-electron chi connectivity index (χ2n) is 2.74. The number of aliphatic hydroxyl groups excluding tert-OH is 1. The largest absolute Gasteiger partial charge is 0.388 e. The van der Waals surface area contributed by atoms with Crippen LogP contribution in [-0.2, 0) is 0 Å². The molecule has 0 heterocycles. The lowest BCUT2D eigenvalue weighted by atomic mass is 10.1. The van der Waals surface area contributed by atoms with Crippen molar-refractivity contribution in [1.82, 2.24) is 0 Å². The molecule has 0 saturated carbocycles. The lowest BCUT2D eigenvalue weighted by Crippen LogP contribution is -1.95. The van der Waals surface area contributed by atoms with Crippen LogP contribution >= 0.6 is 31.9 Å². The standard InChI is InChI=1S/C10H10Br2O/c1-2-3-10(13)7-4-8(11)6-9(12)5-7/h2,4-6,10,13H,1,3H2. The molecular formula is C10H10Br2O. The molecule has 0 saturated heterocycles. The van der Waals surface area contributed by atoms with Crippen molar-refractivity contribution in [2.24, 2.45) is 0 Å². The Morgan fingerprint density at radius 1 is 1.31 bits per heavy atom. The van der Waals surface area contributed by atoms with E-state index in [1.807, 2.05) is 18.2 Å². The van der Waals surface area contributed by atoms with Crippen molar-refractivity contribution in [3.63, 3.8) is 0 Å². The molecule has 1 nitrogen and oxygen atoms in total. The van der Waals surface area contributed by atoms with Crippen molar-refractivity contribution >= 4 is 31.9 Å². The van der Waals surface area contributed by atoms with Gasteiger partial charge in [0.2, 0.25) is 0 Å². The van der Waals surface area contributed by atoms with Crippen LogP contribution in [0.5, 0.6) is 0 Å². The first-order valence-corrected chi connectivity index (χ1v) is 5.47. The van der Waals surface area contributed by atoms with E-state index < -0.39 is 6.10 Å². The summed E-state index contributed by atoms with van der Waals surface area (Å²) in [6.45, 7) is 3.59. The molecule has 0 aliphatic heterocycles. The van der Waals surface area contributed by atoms with E-state index in [9.17, 15) is 5.11 Å². The number of halogens is 2. The molecule has 0 amide bonds. The van der Waals surface area contributed by atoms with Crippen molar-refractivity contribution in [1.29, 1.82) is 0 Å². The molecule has 0 bridgehead atoms. The number of hydrogen-bond donors (Lipinski definition) is 1. The summed E-state index contributed by atoms with van der Waals surface area (Å²) in [5, 5.41) is 9.66. The average molecular weight is 306 g/mol. The summed E-state index contributed by atoms with van der Waals surface area (Å²) in [7, 11) is 0. The zero-order valence-corrected chi connectivity index (χ0v) is 10.2. The Kier molecular flexibility index (Phi) is 4.16. The second kappa shape index (κ2) is 4.94. The first kappa shape index (κ1) is 11.0. The third-order valence-corrected chi connectivity index (χ3v) is 2.58. The van der Waals surface area contributed by atoms with Crippen molar-refractivity contribution in [2.75, 3.05) is 0 Å². The number of aliphatic hydroxyl groups is 1. The predicted octanol–water partition coefficient (Wildman–Crippen LogP) is 3.82. The van der Waals surface area contributed by atoms with Gasteiger partial charge in [-0.3, -0.25) is 0 Å². The molecule has 3 heteroatoms. The van der Waals surface area contributed by atoms with E-state index in [0.717, 1.165) is 14.5 Å². The van der Waals surface area contributed by atoms with Gasteiger partial charge in [0, 0.05) is 8.95 Å². The summed E-state index contributed by atoms with van der Waals surface area (Å²) >= 11 is 6.73. The first-order valence-electron chi connectivity index (χ1n) is 3.88. The minimum Gasteiger partial charge on any atom is -0.388 e. The van der Waals surface area contributed by atoms with Crippen LogP contribution < -0.4 is 0 Å². The van der Waals surface area contributed by atoms with Gasteiger partial charge in [0.1, 0.15) is 0 Å². The van der Waals surface area contributed by atoms with Crippen LogP contribution in [0.1, 0.15) is 18.1 Å². The van der Waals surface area contributed by atoms with Crippen molar-refractivity contribution in [3.05, 3.63) is 45.4 Å². The normalized spacial score (nSPS) is 12.5. The van der Waals surface area contributed by atoms with E-state index in [0.29, 0.717) is 6.42 Å². The third-order valence-electron chi connectivity index (χ3n) is 1.66. The highest BCUT2D eigenvalue weighted by molar-refractivity contribution is 9.11. The number of benzene rings is 1. The number of rotatable bonds is 3. The summed E-state index contributed by atoms with van der Waals surface area (Å²) in [5.74, 6) is 0. The topological polar surface area (TPSA) is 20.2 Å². The minimum atomic E-state index is -0.466. The van der Waals surface area contributed by atoms with Gasteiger partial charge in [-0.15, -0.1) is 6.58 Å². The Hall–Kier alpha value is -0.120. The highest BCUT2D eigenvalue weighted by Crippen LogP contribution is 2.25. The fraction of sp³-hybridized carbons (Fsp3) is 0.200. The summed E-state index contributed by atoms with van der Waals surface area (Å²) in [5.41, 5.74) is 0.890. The third kappa shape index (κ3) is 3.25. The summed E-state index contributed by atoms with van der Waals surface area (Å²) in [6.07, 6.45) is 1.81. The SMILES string of the molecule is C=CCC(O)c1cc(Br)cc(Br)c1. The van der Waals surface area contributed by atoms with E-state index in [-0.39, 0.29) is 0 Å². The van der Waals surface area contributed by atoms with Crippen molar-refractivity contribution in [2.45, 2.75) is 12.5 Å². The minimum absolute atomic E-state index is 0.466. The zero-order chi connectivity index (χ0) is 9.84. The van der Waals surface area contributed by atoms with E-state index >= 15 is 0 Å². The summed E-state index contributed by atoms with van der Waals surface area (Å²) < 4.78 is 1.92. The van der Waals surface area contributed by atoms with Gasteiger partial charge in [-0.25, -0.2) is 0 Å². The first-order chi connectivity index (χ1) is 6.13. The lowest BCUT2D eigenvalue weighted by molar-refractivity contribution is 0.181. The molecule has 1 unspecified atom stereocenters. The van der Waals surface area contributed by atoms with Gasteiger partial charge >= 0.3 is 0 Å². The molecule has 1 atom stereocenters. The smallest absolute Gasteiger partial charge is 0.0825 e. The molecule has 0 aliphatic carbocycles. The van der Waals surface area contributed by atoms with E-state index in [4.69, 9.17) is 0 Å². The van der Waals surface area contributed by atoms with Gasteiger partial charge in [-0.2, -0.15) is 0 Å². The van der Waals surface area contributed by atoms with E-state index in [1.165, 1.54) is 0 Å². The van der Waals surface area contributed by atoms with Gasteiger partial charge in [0.25, 0.3) is 0 Å². The van der Waals surface area contributed by atoms with Crippen LogP contribution in [-0.4, -0.2) is 5.11 Å². The Balaban J connectivity index is 2.93. The van der Waals surface area contributed by atoms with Crippen LogP contribution in [0.15, 0.2) is 39.8 Å². The monoisotopic (exact) mass is 304 g/mol. The molecule has 0 spiro atoms. The van der Waals surface area contributed by atoms with Crippen molar-refractivity contribution in [3.8, 4) is 0 Å². The molecule has 1 rings (SSSR count). The highest BCUT2D eigenvalue weighted by Gasteiger charge is 2.06. The predicted molar refractivity (Wildman–Crippen MR) is 61.6 cm³/mol. The summed E-state index contributed by atoms with van der Waals surface area (Å²) in [6, 6.07) is 5.74. The Bertz CT molecular complexity index is 290. The molecule has 1 aromatic carbocycles. The van der Waals surface area contributed by atoms with Gasteiger partial charge in [0.05, 0.1) is 6.10 Å². The number of hydrogen-bond acceptors (Lipinski definition) is 1. The maximum Gasteiger partial charge on any atom is 0.0825 e. The molecule has 0 radical (unpaired) electrons. The quantitative estimate of drug-likeness (QED) is 0.842. The van der Waals surface area contributed by atoms with Gasteiger partial charge in [-0.05, 0) is 30.2 Å². The average Bonchev–Trinajstić information content (AvgIpc) is 2.03. The maximum absolute atomic E-state index is 9.66. The fourth-order valence-corrected chi connectivity index (χ4v) is 2.39. The molecule has 13 heavy (non-hydrogen) atoms. The zero-order valence-electron chi connectivity index (χ0n) is 7.00. The van der Waals surface area contributed by atoms with Crippen LogP contribution in [0.4, 0.5) is 0 Å². The van der Waals surface area contributed by atoms with E-state index in [2.05, 4.69) is 38.4 Å². The molecule has 0 aliphatic rings. The van der Waals surface area contributed by atoms with Crippen LogP contribution in [0.25, 0.3) is 0 Å². The fourth-order valence-electron chi connectivity index (χ4n) is 1.06. The van der Waals surface area contributed by atoms with Crippen LogP contribution in [0.2, 0.25) is 0 Å². The molecule has 0 fully saturated rings. The Morgan fingerprint density at radius 3 is 2.31 bits per heavy atom. The van der Waals surface area contributed by atoms with E-state index in [1.54, 1.807) is 6.08 Å². The second-order valence-corrected chi connectivity index (χ2v) is 4.57. The summed E-state index contributed by atoms with van der Waals surface area (Å²) in [4.78, 5) is 0. The molecule has 0 aromatic heterocycles. The highest BCUT2D eigenvalue weighted by atomic mass is 79.9. The maximum atomic E-state index is 9.66. The van der Waals surface area contributed by atoms with Gasteiger partial charge < -0.3 is 5.11 Å². The van der Waals surface area contributed by atoms with Crippen LogP contribution in [0.3, 0.4) is 0 Å². The van der Waals surface area contributed by atoms with Crippen LogP contribution in [0, 0.1) is 0 Å². The Morgan fingerprint density at radius 2 is 1.85 bits per heavy atom.